The lowest BCUT2D eigenvalue weighted by Gasteiger charge is -2.44. The minimum atomic E-state index is -9.49. The summed E-state index contributed by atoms with van der Waals surface area (Å²) >= 11 is -5.82. The first-order chi connectivity index (χ1) is 15.4. The maximum absolute atomic E-state index is 13.4. The number of alkyl halides is 23. The van der Waals surface area contributed by atoms with Crippen molar-refractivity contribution in [3.05, 3.63) is 0 Å². The highest BCUT2D eigenvalue weighted by Gasteiger charge is 2.99. The minimum absolute atomic E-state index is 5.82. The molecule has 0 aliphatic heterocycles. The first-order valence-electron chi connectivity index (χ1n) is 7.40. The molecule has 224 valence electrons. The van der Waals surface area contributed by atoms with Gasteiger partial charge < -0.3 is 4.55 Å². The van der Waals surface area contributed by atoms with Gasteiger partial charge >= 0.3 is 64.7 Å². The Morgan fingerprint density at radius 2 is 0.486 bits per heavy atom. The minimum Gasteiger partial charge on any atom is -0.301 e. The Morgan fingerprint density at radius 1 is 0.324 bits per heavy atom. The largest absolute Gasteiger partial charge is 0.460 e. The van der Waals surface area contributed by atoms with Crippen LogP contribution in [-0.4, -0.2) is 73.5 Å². The summed E-state index contributed by atoms with van der Waals surface area (Å²) in [6.45, 7) is 0. The standard InChI is InChI=1S/C11HF23O2S/c12-1(13,2(14,15)4(18,19)6(22,23)8(26,27)10(30,31)32)3(16,17)5(20,21)7(24,25)9(28,29)11(33,34)37(35)36/h(H,35,36). The quantitative estimate of drug-likeness (QED) is 0.206. The van der Waals surface area contributed by atoms with E-state index in [1.165, 1.54) is 0 Å². The van der Waals surface area contributed by atoms with Gasteiger partial charge in [0.25, 0.3) is 0 Å². The molecule has 0 aromatic heterocycles. The molecule has 0 bridgehead atoms. The molecule has 37 heavy (non-hydrogen) atoms. The molecular formula is C11HF23O2S. The van der Waals surface area contributed by atoms with Crippen LogP contribution in [0.15, 0.2) is 0 Å². The molecule has 0 amide bonds. The number of hydrogen-bond acceptors (Lipinski definition) is 1. The lowest BCUT2D eigenvalue weighted by Crippen LogP contribution is -2.77. The van der Waals surface area contributed by atoms with Crippen molar-refractivity contribution in [1.29, 1.82) is 0 Å². The van der Waals surface area contributed by atoms with Crippen molar-refractivity contribution < 1.29 is 110 Å². The zero-order valence-electron chi connectivity index (χ0n) is 15.5. The van der Waals surface area contributed by atoms with Crippen molar-refractivity contribution in [2.45, 2.75) is 64.7 Å². The van der Waals surface area contributed by atoms with E-state index in [1.54, 1.807) is 0 Å². The average Bonchev–Trinajstić information content (AvgIpc) is 2.65. The van der Waals surface area contributed by atoms with Gasteiger partial charge in [0, 0.05) is 0 Å². The molecule has 0 aliphatic rings. The van der Waals surface area contributed by atoms with Crippen molar-refractivity contribution in [2.24, 2.45) is 0 Å². The van der Waals surface area contributed by atoms with Gasteiger partial charge in [-0.2, -0.15) is 101 Å². The molecule has 26 heteroatoms. The summed E-state index contributed by atoms with van der Waals surface area (Å²) in [5.41, 5.74) is 0. The molecule has 2 nitrogen and oxygen atoms in total. The van der Waals surface area contributed by atoms with E-state index in [1.807, 2.05) is 0 Å². The maximum Gasteiger partial charge on any atom is 0.460 e. The second-order valence-corrected chi connectivity index (χ2v) is 7.44. The molecule has 1 atom stereocenters. The molecule has 0 heterocycles. The summed E-state index contributed by atoms with van der Waals surface area (Å²) in [4.78, 5) is 0. The van der Waals surface area contributed by atoms with Crippen molar-refractivity contribution in [2.75, 3.05) is 0 Å². The third kappa shape index (κ3) is 4.08. The number of rotatable bonds is 10. The normalized spacial score (nSPS) is 17.7. The Morgan fingerprint density at radius 3 is 0.649 bits per heavy atom. The Bertz CT molecular complexity index is 884. The van der Waals surface area contributed by atoms with Crippen LogP contribution in [0, 0.1) is 0 Å². The van der Waals surface area contributed by atoms with Gasteiger partial charge in [-0.05, 0) is 0 Å². The van der Waals surface area contributed by atoms with E-state index in [-0.39, 0.29) is 0 Å². The zero-order valence-corrected chi connectivity index (χ0v) is 16.3. The van der Waals surface area contributed by atoms with Gasteiger partial charge in [0.05, 0.1) is 0 Å². The molecule has 0 fully saturated rings. The predicted molar refractivity (Wildman–Crippen MR) is 66.3 cm³/mol. The van der Waals surface area contributed by atoms with Crippen LogP contribution < -0.4 is 0 Å². The second-order valence-electron chi connectivity index (χ2n) is 6.43. The topological polar surface area (TPSA) is 37.3 Å². The van der Waals surface area contributed by atoms with Gasteiger partial charge in [0.2, 0.25) is 11.1 Å². The predicted octanol–water partition coefficient (Wildman–Crippen LogP) is 7.08. The van der Waals surface area contributed by atoms with E-state index < -0.39 is 75.8 Å². The average molecular weight is 634 g/mol. The van der Waals surface area contributed by atoms with Crippen LogP contribution in [0.5, 0.6) is 0 Å². The fraction of sp³-hybridized carbons (Fsp3) is 1.00. The smallest absolute Gasteiger partial charge is 0.301 e. The van der Waals surface area contributed by atoms with Crippen LogP contribution in [0.3, 0.4) is 0 Å². The first-order valence-corrected chi connectivity index (χ1v) is 8.51. The molecule has 0 rings (SSSR count). The molecular weight excluding hydrogens is 633 g/mol. The van der Waals surface area contributed by atoms with Gasteiger partial charge in [-0.1, -0.05) is 0 Å². The van der Waals surface area contributed by atoms with Crippen LogP contribution in [0.4, 0.5) is 101 Å². The number of hydrogen-bond donors (Lipinski definition) is 1. The summed E-state index contributed by atoms with van der Waals surface area (Å²) in [7, 11) is 0. The van der Waals surface area contributed by atoms with E-state index in [4.69, 9.17) is 4.55 Å². The Labute approximate surface area is 187 Å². The van der Waals surface area contributed by atoms with Crippen LogP contribution in [0.2, 0.25) is 0 Å². The van der Waals surface area contributed by atoms with Crippen LogP contribution >= 0.6 is 0 Å². The fourth-order valence-corrected chi connectivity index (χ4v) is 2.20. The molecule has 0 radical (unpaired) electrons. The summed E-state index contributed by atoms with van der Waals surface area (Å²) in [6.07, 6.45) is -8.13. The SMILES string of the molecule is O=S(O)C(F)(F)C(F)(F)C(F)(F)C(F)(F)C(F)(F)C(F)(F)C(F)(F)C(F)(F)C(F)(F)C(F)(F)C(F)(F)F. The van der Waals surface area contributed by atoms with Crippen molar-refractivity contribution in [3.8, 4) is 0 Å². The highest BCUT2D eigenvalue weighted by molar-refractivity contribution is 7.80. The second kappa shape index (κ2) is 8.50. The third-order valence-corrected chi connectivity index (χ3v) is 4.79. The monoisotopic (exact) mass is 634 g/mol. The van der Waals surface area contributed by atoms with E-state index in [2.05, 4.69) is 0 Å². The van der Waals surface area contributed by atoms with Gasteiger partial charge in [0.15, 0.2) is 0 Å². The Balaban J connectivity index is 7.25. The van der Waals surface area contributed by atoms with Crippen LogP contribution in [0.1, 0.15) is 0 Å². The van der Waals surface area contributed by atoms with E-state index in [0.717, 1.165) is 0 Å². The van der Waals surface area contributed by atoms with Crippen LogP contribution in [0.25, 0.3) is 0 Å². The van der Waals surface area contributed by atoms with Crippen molar-refractivity contribution in [3.63, 3.8) is 0 Å². The zero-order chi connectivity index (χ0) is 31.1. The molecule has 1 N–H and O–H groups in total. The molecule has 0 saturated carbocycles. The fourth-order valence-electron chi connectivity index (χ4n) is 1.85. The van der Waals surface area contributed by atoms with Gasteiger partial charge in [-0.25, -0.2) is 4.21 Å². The third-order valence-electron chi connectivity index (χ3n) is 4.10. The van der Waals surface area contributed by atoms with Gasteiger partial charge in [0.1, 0.15) is 0 Å². The highest BCUT2D eigenvalue weighted by Crippen LogP contribution is 2.67. The van der Waals surface area contributed by atoms with E-state index in [0.29, 0.717) is 0 Å². The summed E-state index contributed by atoms with van der Waals surface area (Å²) in [5.74, 6) is -82.1. The van der Waals surface area contributed by atoms with E-state index in [9.17, 15) is 105 Å². The Hall–Kier alpha value is -1.50. The summed E-state index contributed by atoms with van der Waals surface area (Å²) in [6, 6.07) is 0. The highest BCUT2D eigenvalue weighted by atomic mass is 32.2. The van der Waals surface area contributed by atoms with Gasteiger partial charge in [-0.15, -0.1) is 0 Å². The van der Waals surface area contributed by atoms with Crippen molar-refractivity contribution in [1.82, 2.24) is 0 Å². The summed E-state index contributed by atoms with van der Waals surface area (Å²) < 4.78 is 316. The van der Waals surface area contributed by atoms with E-state index >= 15 is 0 Å². The lowest BCUT2D eigenvalue weighted by atomic mass is 9.86. The maximum atomic E-state index is 13.4. The molecule has 0 aromatic rings. The summed E-state index contributed by atoms with van der Waals surface area (Å²) in [5, 5.41) is -7.58. The molecule has 1 unspecified atom stereocenters. The molecule has 0 saturated heterocycles. The number of halogens is 23. The molecule has 0 spiro atoms. The molecule has 0 aromatic carbocycles. The lowest BCUT2D eigenvalue weighted by molar-refractivity contribution is -0.476. The van der Waals surface area contributed by atoms with Crippen LogP contribution in [-0.2, 0) is 11.1 Å². The first kappa shape index (κ1) is 35.5. The van der Waals surface area contributed by atoms with Crippen molar-refractivity contribution >= 4 is 11.1 Å². The molecule has 0 aliphatic carbocycles. The Kier molecular flexibility index (Phi) is 8.15. The van der Waals surface area contributed by atoms with Gasteiger partial charge in [-0.3, -0.25) is 0 Å².